The second-order valence-electron chi connectivity index (χ2n) is 4.56. The highest BCUT2D eigenvalue weighted by Crippen LogP contribution is 2.47. The molecule has 1 N–H and O–H groups in total. The summed E-state index contributed by atoms with van der Waals surface area (Å²) in [5.74, 6) is 0. The lowest BCUT2D eigenvalue weighted by atomic mass is 9.96. The highest BCUT2D eigenvalue weighted by molar-refractivity contribution is 8.14. The molecule has 2 heterocycles. The van der Waals surface area contributed by atoms with Crippen LogP contribution in [0.4, 0.5) is 0 Å². The van der Waals surface area contributed by atoms with Gasteiger partial charge in [0.25, 0.3) is 0 Å². The lowest BCUT2D eigenvalue weighted by Gasteiger charge is -2.36. The van der Waals surface area contributed by atoms with Crippen LogP contribution in [0.3, 0.4) is 0 Å². The average molecular weight is 283 g/mol. The molecule has 2 aliphatic heterocycles. The van der Waals surface area contributed by atoms with Crippen molar-refractivity contribution in [2.75, 3.05) is 13.1 Å². The quantitative estimate of drug-likeness (QED) is 0.906. The normalized spacial score (nSPS) is 30.5. The van der Waals surface area contributed by atoms with Crippen molar-refractivity contribution in [2.24, 2.45) is 4.99 Å². The smallest absolute Gasteiger partial charge is 0.178 e. The minimum Gasteiger partial charge on any atom is -0.366 e. The third-order valence-electron chi connectivity index (χ3n) is 3.55. The maximum Gasteiger partial charge on any atom is 0.178 e. The second kappa shape index (κ2) is 4.44. The Hall–Kier alpha value is -0.710. The molecule has 0 aromatic heterocycles. The van der Waals surface area contributed by atoms with E-state index in [1.54, 1.807) is 11.8 Å². The summed E-state index contributed by atoms with van der Waals surface area (Å²) in [5.41, 5.74) is -0.0439. The van der Waals surface area contributed by atoms with Crippen molar-refractivity contribution < 1.29 is 5.11 Å². The minimum absolute atomic E-state index is 0.123. The van der Waals surface area contributed by atoms with Crippen molar-refractivity contribution in [3.05, 3.63) is 34.9 Å². The van der Waals surface area contributed by atoms with Gasteiger partial charge < -0.3 is 10.0 Å². The van der Waals surface area contributed by atoms with Crippen LogP contribution in [-0.4, -0.2) is 33.5 Å². The van der Waals surface area contributed by atoms with Gasteiger partial charge in [0.1, 0.15) is 0 Å². The van der Waals surface area contributed by atoms with Crippen LogP contribution in [0.5, 0.6) is 0 Å². The Bertz CT molecular complexity index is 490. The number of halogens is 1. The molecule has 1 saturated heterocycles. The molecule has 5 heteroatoms. The van der Waals surface area contributed by atoms with Gasteiger partial charge in [0.05, 0.1) is 11.8 Å². The Balaban J connectivity index is 2.05. The number of benzene rings is 1. The first-order chi connectivity index (χ1) is 8.66. The maximum atomic E-state index is 11.2. The van der Waals surface area contributed by atoms with E-state index in [4.69, 9.17) is 11.6 Å². The zero-order chi connectivity index (χ0) is 12.8. The van der Waals surface area contributed by atoms with Crippen LogP contribution in [0.15, 0.2) is 29.3 Å². The van der Waals surface area contributed by atoms with Gasteiger partial charge in [-0.3, -0.25) is 4.99 Å². The molecule has 0 radical (unpaired) electrons. The van der Waals surface area contributed by atoms with E-state index < -0.39 is 5.72 Å². The third kappa shape index (κ3) is 1.67. The summed E-state index contributed by atoms with van der Waals surface area (Å²) >= 11 is 7.60. The van der Waals surface area contributed by atoms with E-state index in [-0.39, 0.29) is 5.25 Å². The fourth-order valence-electron chi connectivity index (χ4n) is 2.63. The first kappa shape index (κ1) is 12.3. The molecule has 18 heavy (non-hydrogen) atoms. The maximum absolute atomic E-state index is 11.2. The van der Waals surface area contributed by atoms with Crippen LogP contribution in [-0.2, 0) is 5.72 Å². The van der Waals surface area contributed by atoms with E-state index in [0.29, 0.717) is 5.02 Å². The zero-order valence-corrected chi connectivity index (χ0v) is 11.7. The molecule has 1 fully saturated rings. The number of thioether (sulfide) groups is 1. The Labute approximate surface area is 116 Å². The third-order valence-corrected chi connectivity index (χ3v) is 5.31. The molecule has 2 aliphatic rings. The number of hydrogen-bond donors (Lipinski definition) is 1. The summed E-state index contributed by atoms with van der Waals surface area (Å²) < 4.78 is 0. The van der Waals surface area contributed by atoms with Crippen molar-refractivity contribution in [3.8, 4) is 0 Å². The summed E-state index contributed by atoms with van der Waals surface area (Å²) in [5, 5.41) is 13.0. The van der Waals surface area contributed by atoms with Gasteiger partial charge in [0, 0.05) is 17.1 Å². The molecule has 3 rings (SSSR count). The number of fused-ring (bicyclic) bond motifs is 1. The zero-order valence-electron chi connectivity index (χ0n) is 10.1. The summed E-state index contributed by atoms with van der Waals surface area (Å²) in [6, 6.07) is 7.48. The highest BCUT2D eigenvalue weighted by atomic mass is 35.5. The topological polar surface area (TPSA) is 35.8 Å². The molecule has 1 aromatic rings. The van der Waals surface area contributed by atoms with Crippen LogP contribution in [0.1, 0.15) is 18.9 Å². The number of hydrogen-bond acceptors (Lipinski definition) is 4. The molecule has 0 bridgehead atoms. The van der Waals surface area contributed by atoms with E-state index in [1.165, 1.54) is 0 Å². The van der Waals surface area contributed by atoms with Gasteiger partial charge in [0.15, 0.2) is 10.9 Å². The van der Waals surface area contributed by atoms with Crippen molar-refractivity contribution in [2.45, 2.75) is 24.3 Å². The van der Waals surface area contributed by atoms with Gasteiger partial charge in [-0.25, -0.2) is 0 Å². The highest BCUT2D eigenvalue weighted by Gasteiger charge is 2.52. The summed E-state index contributed by atoms with van der Waals surface area (Å²) in [7, 11) is 0. The van der Waals surface area contributed by atoms with Crippen molar-refractivity contribution in [3.63, 3.8) is 0 Å². The van der Waals surface area contributed by atoms with Gasteiger partial charge >= 0.3 is 0 Å². The Morgan fingerprint density at radius 1 is 1.50 bits per heavy atom. The summed E-state index contributed by atoms with van der Waals surface area (Å²) in [4.78, 5) is 6.48. The number of aliphatic hydroxyl groups is 1. The van der Waals surface area contributed by atoms with Crippen LogP contribution in [0.2, 0.25) is 5.02 Å². The van der Waals surface area contributed by atoms with Crippen LogP contribution >= 0.6 is 23.4 Å². The van der Waals surface area contributed by atoms with E-state index >= 15 is 0 Å². The van der Waals surface area contributed by atoms with Crippen molar-refractivity contribution in [1.82, 2.24) is 4.90 Å². The molecule has 0 saturated carbocycles. The van der Waals surface area contributed by atoms with Crippen LogP contribution in [0, 0.1) is 0 Å². The molecule has 0 aliphatic carbocycles. The fourth-order valence-corrected chi connectivity index (χ4v) is 4.13. The number of nitrogens with zero attached hydrogens (tertiary/aromatic N) is 2. The minimum atomic E-state index is -0.945. The SMILES string of the molecule is CC[C@@H]1SC2=NCCN2[C@@]1(O)c1ccc(Cl)cc1. The van der Waals surface area contributed by atoms with Crippen molar-refractivity contribution in [1.29, 1.82) is 0 Å². The van der Waals surface area contributed by atoms with Crippen molar-refractivity contribution >= 4 is 28.5 Å². The Kier molecular flexibility index (Phi) is 3.04. The molecule has 0 unspecified atom stereocenters. The molecule has 0 amide bonds. The first-order valence-corrected chi connectivity index (χ1v) is 7.39. The number of aliphatic imine (C=N–C) groups is 1. The van der Waals surface area contributed by atoms with Crippen LogP contribution in [0.25, 0.3) is 0 Å². The van der Waals surface area contributed by atoms with E-state index in [0.717, 1.165) is 30.2 Å². The van der Waals surface area contributed by atoms with E-state index in [2.05, 4.69) is 11.9 Å². The largest absolute Gasteiger partial charge is 0.366 e. The molecule has 2 atom stereocenters. The second-order valence-corrected chi connectivity index (χ2v) is 6.17. The summed E-state index contributed by atoms with van der Waals surface area (Å²) in [6.45, 7) is 3.66. The summed E-state index contributed by atoms with van der Waals surface area (Å²) in [6.07, 6.45) is 0.902. The Morgan fingerprint density at radius 2 is 2.22 bits per heavy atom. The van der Waals surface area contributed by atoms with Crippen LogP contribution < -0.4 is 0 Å². The molecule has 3 nitrogen and oxygen atoms in total. The standard InChI is InChI=1S/C13H15ClN2OS/c1-2-11-13(17,9-3-5-10(14)6-4-9)16-8-7-15-12(16)18-11/h3-6,11,17H,2,7-8H2,1H3/t11-,13+/m0/s1. The van der Waals surface area contributed by atoms with Gasteiger partial charge in [-0.2, -0.15) is 0 Å². The number of rotatable bonds is 2. The van der Waals surface area contributed by atoms with Gasteiger partial charge in [-0.15, -0.1) is 0 Å². The predicted octanol–water partition coefficient (Wildman–Crippen LogP) is 2.68. The number of amidine groups is 1. The molecule has 96 valence electrons. The van der Waals surface area contributed by atoms with Gasteiger partial charge in [-0.05, 0) is 18.6 Å². The molecular weight excluding hydrogens is 268 g/mol. The Morgan fingerprint density at radius 3 is 2.89 bits per heavy atom. The van der Waals surface area contributed by atoms with E-state index in [1.807, 2.05) is 29.2 Å². The predicted molar refractivity (Wildman–Crippen MR) is 76.0 cm³/mol. The molecular formula is C13H15ClN2OS. The van der Waals surface area contributed by atoms with Gasteiger partial charge in [-0.1, -0.05) is 42.4 Å². The lowest BCUT2D eigenvalue weighted by molar-refractivity contribution is -0.0663. The van der Waals surface area contributed by atoms with Gasteiger partial charge in [0.2, 0.25) is 0 Å². The monoisotopic (exact) mass is 282 g/mol. The fraction of sp³-hybridized carbons (Fsp3) is 0.462. The average Bonchev–Trinajstić information content (AvgIpc) is 2.93. The molecule has 0 spiro atoms. The van der Waals surface area contributed by atoms with E-state index in [9.17, 15) is 5.11 Å². The molecule has 1 aromatic carbocycles. The lowest BCUT2D eigenvalue weighted by Crippen LogP contribution is -2.47. The first-order valence-electron chi connectivity index (χ1n) is 6.13.